The minimum Gasteiger partial charge on any atom is -0.444 e. The number of nitrogens with zero attached hydrogens (tertiary/aromatic N) is 1. The molecule has 0 spiro atoms. The summed E-state index contributed by atoms with van der Waals surface area (Å²) in [5, 5.41) is 0.0223. The fraction of sp³-hybridized carbons (Fsp3) is 0.556. The SMILES string of the molecule is CC(C)(C)[Si](C)(C)O[C@H]1CCN(C(=O)OCc2ccccc2)C1=O. The van der Waals surface area contributed by atoms with E-state index in [0.29, 0.717) is 13.0 Å². The first kappa shape index (κ1) is 18.7. The van der Waals surface area contributed by atoms with Crippen molar-refractivity contribution in [3.05, 3.63) is 35.9 Å². The smallest absolute Gasteiger partial charge is 0.416 e. The Morgan fingerprint density at radius 3 is 2.46 bits per heavy atom. The molecule has 1 atom stereocenters. The zero-order valence-corrected chi connectivity index (χ0v) is 16.2. The van der Waals surface area contributed by atoms with Gasteiger partial charge in [-0.05, 0) is 30.1 Å². The van der Waals surface area contributed by atoms with Crippen LogP contribution in [0.1, 0.15) is 32.8 Å². The maximum Gasteiger partial charge on any atom is 0.416 e. The first-order valence-electron chi connectivity index (χ1n) is 8.32. The Labute approximate surface area is 145 Å². The van der Waals surface area contributed by atoms with Crippen molar-refractivity contribution in [1.82, 2.24) is 4.90 Å². The number of carbonyl (C=O) groups is 2. The molecule has 0 radical (unpaired) electrons. The number of ether oxygens (including phenoxy) is 1. The molecule has 5 nitrogen and oxygen atoms in total. The van der Waals surface area contributed by atoms with Crippen molar-refractivity contribution in [3.8, 4) is 0 Å². The molecule has 6 heteroatoms. The largest absolute Gasteiger partial charge is 0.444 e. The van der Waals surface area contributed by atoms with E-state index in [9.17, 15) is 9.59 Å². The van der Waals surface area contributed by atoms with Crippen molar-refractivity contribution in [2.75, 3.05) is 6.54 Å². The van der Waals surface area contributed by atoms with Gasteiger partial charge in [0.15, 0.2) is 8.32 Å². The number of rotatable bonds is 4. The van der Waals surface area contributed by atoms with Crippen LogP contribution in [0.3, 0.4) is 0 Å². The van der Waals surface area contributed by atoms with Gasteiger partial charge in [-0.25, -0.2) is 9.69 Å². The number of carbonyl (C=O) groups excluding carboxylic acids is 2. The molecule has 1 aliphatic rings. The lowest BCUT2D eigenvalue weighted by Crippen LogP contribution is -2.46. The van der Waals surface area contributed by atoms with Crippen LogP contribution in [-0.4, -0.2) is 37.9 Å². The predicted octanol–water partition coefficient (Wildman–Crippen LogP) is 3.95. The molecular weight excluding hydrogens is 322 g/mol. The van der Waals surface area contributed by atoms with Crippen molar-refractivity contribution in [3.63, 3.8) is 0 Å². The molecule has 0 aliphatic carbocycles. The highest BCUT2D eigenvalue weighted by atomic mass is 28.4. The summed E-state index contributed by atoms with van der Waals surface area (Å²) in [5.41, 5.74) is 0.895. The molecule has 2 rings (SSSR count). The van der Waals surface area contributed by atoms with E-state index >= 15 is 0 Å². The van der Waals surface area contributed by atoms with E-state index < -0.39 is 20.5 Å². The number of hydrogen-bond acceptors (Lipinski definition) is 4. The third-order valence-electron chi connectivity index (χ3n) is 4.82. The summed E-state index contributed by atoms with van der Waals surface area (Å²) in [5.74, 6) is -0.280. The van der Waals surface area contributed by atoms with Crippen molar-refractivity contribution in [2.45, 2.75) is 58.0 Å². The summed E-state index contributed by atoms with van der Waals surface area (Å²) in [6.07, 6.45) is -0.591. The van der Waals surface area contributed by atoms with Gasteiger partial charge in [0.1, 0.15) is 12.7 Å². The molecule has 1 aliphatic heterocycles. The van der Waals surface area contributed by atoms with Crippen LogP contribution >= 0.6 is 0 Å². The standard InChI is InChI=1S/C18H27NO4Si/c1-18(2,3)24(4,5)23-15-11-12-19(16(15)20)17(21)22-13-14-9-7-6-8-10-14/h6-10,15H,11-13H2,1-5H3/t15-/m0/s1. The van der Waals surface area contributed by atoms with E-state index in [0.717, 1.165) is 5.56 Å². The normalized spacial score (nSPS) is 18.8. The van der Waals surface area contributed by atoms with Crippen LogP contribution in [0.2, 0.25) is 18.1 Å². The summed E-state index contributed by atoms with van der Waals surface area (Å²) in [7, 11) is -2.05. The molecule has 1 aromatic carbocycles. The number of likely N-dealkylation sites (tertiary alicyclic amines) is 1. The van der Waals surface area contributed by atoms with Crippen LogP contribution < -0.4 is 0 Å². The molecule has 24 heavy (non-hydrogen) atoms. The Hall–Kier alpha value is -1.66. The Balaban J connectivity index is 1.92. The summed E-state index contributed by atoms with van der Waals surface area (Å²) >= 11 is 0. The number of hydrogen-bond donors (Lipinski definition) is 0. The zero-order valence-electron chi connectivity index (χ0n) is 15.2. The van der Waals surface area contributed by atoms with Crippen LogP contribution in [0, 0.1) is 0 Å². The third kappa shape index (κ3) is 4.24. The maximum absolute atomic E-state index is 12.5. The second-order valence-corrected chi connectivity index (χ2v) is 12.4. The van der Waals surface area contributed by atoms with E-state index in [1.54, 1.807) is 0 Å². The third-order valence-corrected chi connectivity index (χ3v) is 9.31. The molecule has 2 amide bonds. The van der Waals surface area contributed by atoms with Gasteiger partial charge in [0.05, 0.1) is 0 Å². The fourth-order valence-corrected chi connectivity index (χ4v) is 3.56. The Morgan fingerprint density at radius 1 is 1.25 bits per heavy atom. The van der Waals surface area contributed by atoms with E-state index in [1.165, 1.54) is 4.90 Å². The van der Waals surface area contributed by atoms with Gasteiger partial charge in [-0.1, -0.05) is 51.1 Å². The van der Waals surface area contributed by atoms with Crippen molar-refractivity contribution >= 4 is 20.3 Å². The van der Waals surface area contributed by atoms with Gasteiger partial charge in [0.2, 0.25) is 0 Å². The van der Waals surface area contributed by atoms with Gasteiger partial charge in [-0.3, -0.25) is 4.79 Å². The van der Waals surface area contributed by atoms with Crippen LogP contribution in [0.25, 0.3) is 0 Å². The van der Waals surface area contributed by atoms with Crippen molar-refractivity contribution in [2.24, 2.45) is 0 Å². The fourth-order valence-electron chi connectivity index (χ4n) is 2.27. The molecular formula is C18H27NO4Si. The Morgan fingerprint density at radius 2 is 1.88 bits per heavy atom. The van der Waals surface area contributed by atoms with Gasteiger partial charge in [0.25, 0.3) is 5.91 Å². The minimum absolute atomic E-state index is 0.0223. The van der Waals surface area contributed by atoms with Gasteiger partial charge < -0.3 is 9.16 Å². The number of amides is 2. The van der Waals surface area contributed by atoms with Gasteiger partial charge in [0, 0.05) is 6.54 Å². The quantitative estimate of drug-likeness (QED) is 0.773. The van der Waals surface area contributed by atoms with Gasteiger partial charge in [-0.15, -0.1) is 0 Å². The lowest BCUT2D eigenvalue weighted by molar-refractivity contribution is -0.132. The van der Waals surface area contributed by atoms with Gasteiger partial charge >= 0.3 is 6.09 Å². The average molecular weight is 350 g/mol. The Kier molecular flexibility index (Phi) is 5.50. The molecule has 0 aromatic heterocycles. The summed E-state index contributed by atoms with van der Waals surface area (Å²) in [4.78, 5) is 25.8. The van der Waals surface area contributed by atoms with Crippen LogP contribution in [0.15, 0.2) is 30.3 Å². The second kappa shape index (κ2) is 7.07. The highest BCUT2D eigenvalue weighted by Gasteiger charge is 2.45. The summed E-state index contributed by atoms with van der Waals surface area (Å²) < 4.78 is 11.4. The zero-order chi connectivity index (χ0) is 18.0. The summed E-state index contributed by atoms with van der Waals surface area (Å²) in [6.45, 7) is 11.1. The number of imide groups is 1. The molecule has 1 saturated heterocycles. The highest BCUT2D eigenvalue weighted by molar-refractivity contribution is 6.74. The summed E-state index contributed by atoms with van der Waals surface area (Å²) in [6, 6.07) is 9.42. The van der Waals surface area contributed by atoms with Crippen LogP contribution in [0.5, 0.6) is 0 Å². The first-order chi connectivity index (χ1) is 11.1. The first-order valence-corrected chi connectivity index (χ1v) is 11.2. The van der Waals surface area contributed by atoms with Crippen molar-refractivity contribution in [1.29, 1.82) is 0 Å². The Bertz CT molecular complexity index is 595. The predicted molar refractivity (Wildman–Crippen MR) is 95.0 cm³/mol. The molecule has 1 aromatic rings. The second-order valence-electron chi connectivity index (χ2n) is 7.69. The lowest BCUT2D eigenvalue weighted by Gasteiger charge is -2.37. The molecule has 0 unspecified atom stereocenters. The van der Waals surface area contributed by atoms with Crippen LogP contribution in [-0.2, 0) is 20.6 Å². The molecule has 1 heterocycles. The van der Waals surface area contributed by atoms with Crippen molar-refractivity contribution < 1.29 is 18.8 Å². The molecule has 0 saturated carbocycles. The van der Waals surface area contributed by atoms with E-state index in [4.69, 9.17) is 9.16 Å². The highest BCUT2D eigenvalue weighted by Crippen LogP contribution is 2.38. The molecule has 132 valence electrons. The monoisotopic (exact) mass is 349 g/mol. The van der Waals surface area contributed by atoms with E-state index in [2.05, 4.69) is 33.9 Å². The number of benzene rings is 1. The maximum atomic E-state index is 12.5. The van der Waals surface area contributed by atoms with Gasteiger partial charge in [-0.2, -0.15) is 0 Å². The van der Waals surface area contributed by atoms with E-state index in [-0.39, 0.29) is 17.6 Å². The lowest BCUT2D eigenvalue weighted by atomic mass is 10.2. The topological polar surface area (TPSA) is 55.8 Å². The molecule has 1 fully saturated rings. The van der Waals surface area contributed by atoms with E-state index in [1.807, 2.05) is 30.3 Å². The molecule has 0 bridgehead atoms. The average Bonchev–Trinajstić information content (AvgIpc) is 2.85. The minimum atomic E-state index is -2.05. The van der Waals surface area contributed by atoms with Crippen LogP contribution in [0.4, 0.5) is 4.79 Å². The molecule has 0 N–H and O–H groups in total.